The third-order valence-electron chi connectivity index (χ3n) is 3.64. The number of carbonyl (C=O) groups is 2. The average molecular weight is 380 g/mol. The minimum absolute atomic E-state index is 0.219. The molecule has 0 saturated heterocycles. The fraction of sp³-hybridized carbons (Fsp3) is 0.278. The van der Waals surface area contributed by atoms with Gasteiger partial charge in [-0.15, -0.1) is 0 Å². The number of nitrogens with one attached hydrogen (secondary N) is 1. The molecule has 2 amide bonds. The quantitative estimate of drug-likeness (QED) is 0.802. The minimum atomic E-state index is -0.414. The molecule has 25 heavy (non-hydrogen) atoms. The van der Waals surface area contributed by atoms with E-state index in [-0.39, 0.29) is 11.6 Å². The van der Waals surface area contributed by atoms with E-state index in [0.29, 0.717) is 27.8 Å². The molecule has 5 nitrogen and oxygen atoms in total. The van der Waals surface area contributed by atoms with Crippen molar-refractivity contribution in [2.45, 2.75) is 19.8 Å². The van der Waals surface area contributed by atoms with Gasteiger partial charge in [0.05, 0.1) is 15.7 Å². The molecule has 0 aliphatic rings. The number of halogens is 2. The summed E-state index contributed by atoms with van der Waals surface area (Å²) < 4.78 is 0. The molecule has 1 aromatic heterocycles. The van der Waals surface area contributed by atoms with Crippen LogP contribution in [0.4, 0.5) is 5.69 Å². The second-order valence-corrected chi connectivity index (χ2v) is 6.38. The number of nitrogens with zero attached hydrogens (tertiary/aromatic N) is 2. The van der Waals surface area contributed by atoms with E-state index in [2.05, 4.69) is 17.2 Å². The van der Waals surface area contributed by atoms with Gasteiger partial charge in [-0.2, -0.15) is 0 Å². The van der Waals surface area contributed by atoms with Crippen LogP contribution >= 0.6 is 23.2 Å². The first-order valence-corrected chi connectivity index (χ1v) is 8.66. The molecule has 7 heteroatoms. The molecule has 0 aliphatic heterocycles. The number of hydrogen-bond acceptors (Lipinski definition) is 3. The first kappa shape index (κ1) is 19.2. The van der Waals surface area contributed by atoms with E-state index < -0.39 is 5.91 Å². The minimum Gasteiger partial charge on any atom is -0.340 e. The van der Waals surface area contributed by atoms with Gasteiger partial charge in [0, 0.05) is 25.4 Å². The van der Waals surface area contributed by atoms with Crippen LogP contribution < -0.4 is 5.32 Å². The molecule has 1 aromatic carbocycles. The zero-order chi connectivity index (χ0) is 18.4. The van der Waals surface area contributed by atoms with E-state index in [1.54, 1.807) is 30.1 Å². The summed E-state index contributed by atoms with van der Waals surface area (Å²) in [6.45, 7) is 2.70. The molecular formula is C18H19Cl2N3O2. The van der Waals surface area contributed by atoms with Gasteiger partial charge in [0.1, 0.15) is 5.69 Å². The molecule has 132 valence electrons. The second-order valence-electron chi connectivity index (χ2n) is 5.56. The molecule has 1 N–H and O–H groups in total. The first-order valence-electron chi connectivity index (χ1n) is 7.91. The lowest BCUT2D eigenvalue weighted by atomic mass is 10.2. The van der Waals surface area contributed by atoms with E-state index in [9.17, 15) is 9.59 Å². The second kappa shape index (κ2) is 8.83. The average Bonchev–Trinajstić information content (AvgIpc) is 2.62. The maximum atomic E-state index is 12.5. The molecule has 0 saturated carbocycles. The lowest BCUT2D eigenvalue weighted by Crippen LogP contribution is -2.28. The Morgan fingerprint density at radius 2 is 1.88 bits per heavy atom. The molecule has 0 bridgehead atoms. The Labute approximate surface area is 157 Å². The first-order chi connectivity index (χ1) is 11.9. The van der Waals surface area contributed by atoms with Gasteiger partial charge in [0.25, 0.3) is 11.8 Å². The zero-order valence-corrected chi connectivity index (χ0v) is 15.6. The topological polar surface area (TPSA) is 62.3 Å². The fourth-order valence-corrected chi connectivity index (χ4v) is 2.68. The largest absolute Gasteiger partial charge is 0.340 e. The molecule has 1 heterocycles. The van der Waals surface area contributed by atoms with Crippen LogP contribution in [0.15, 0.2) is 36.5 Å². The molecule has 2 aromatic rings. The molecule has 0 aliphatic carbocycles. The number of carbonyl (C=O) groups excluding carboxylic acids is 2. The number of anilines is 1. The predicted octanol–water partition coefficient (Wildman–Crippen LogP) is 4.51. The van der Waals surface area contributed by atoms with E-state index in [0.717, 1.165) is 12.8 Å². The summed E-state index contributed by atoms with van der Waals surface area (Å²) in [7, 11) is 1.72. The van der Waals surface area contributed by atoms with E-state index in [1.165, 1.54) is 18.3 Å². The Balaban J connectivity index is 2.18. The van der Waals surface area contributed by atoms with Crippen molar-refractivity contribution in [1.82, 2.24) is 9.88 Å². The number of rotatable bonds is 6. The van der Waals surface area contributed by atoms with Crippen LogP contribution in [0.5, 0.6) is 0 Å². The fourth-order valence-electron chi connectivity index (χ4n) is 2.18. The number of pyridine rings is 1. The van der Waals surface area contributed by atoms with Crippen molar-refractivity contribution in [3.8, 4) is 0 Å². The van der Waals surface area contributed by atoms with Crippen molar-refractivity contribution in [3.63, 3.8) is 0 Å². The summed E-state index contributed by atoms with van der Waals surface area (Å²) in [5.41, 5.74) is 0.857. The van der Waals surface area contributed by atoms with Crippen LogP contribution in [0.3, 0.4) is 0 Å². The summed E-state index contributed by atoms with van der Waals surface area (Å²) in [6.07, 6.45) is 3.34. The van der Waals surface area contributed by atoms with Gasteiger partial charge >= 0.3 is 0 Å². The molecule has 2 rings (SSSR count). The third kappa shape index (κ3) is 4.94. The molecule has 0 radical (unpaired) electrons. The summed E-state index contributed by atoms with van der Waals surface area (Å²) in [5.74, 6) is -0.637. The summed E-state index contributed by atoms with van der Waals surface area (Å²) >= 11 is 12.1. The summed E-state index contributed by atoms with van der Waals surface area (Å²) in [4.78, 5) is 30.5. The molecular weight excluding hydrogens is 361 g/mol. The predicted molar refractivity (Wildman–Crippen MR) is 101 cm³/mol. The lowest BCUT2D eigenvalue weighted by Gasteiger charge is -2.16. The Kier molecular flexibility index (Phi) is 6.79. The van der Waals surface area contributed by atoms with Crippen molar-refractivity contribution in [3.05, 3.63) is 57.8 Å². The van der Waals surface area contributed by atoms with Gasteiger partial charge in [-0.1, -0.05) is 42.6 Å². The van der Waals surface area contributed by atoms with Gasteiger partial charge in [-0.25, -0.2) is 0 Å². The number of amides is 2. The molecule has 0 atom stereocenters. The Hall–Kier alpha value is -2.11. The van der Waals surface area contributed by atoms with Gasteiger partial charge in [-0.05, 0) is 30.7 Å². The van der Waals surface area contributed by atoms with Crippen LogP contribution in [0.2, 0.25) is 10.0 Å². The van der Waals surface area contributed by atoms with Crippen LogP contribution in [0.25, 0.3) is 0 Å². The number of aromatic nitrogens is 1. The van der Waals surface area contributed by atoms with Gasteiger partial charge in [0.2, 0.25) is 0 Å². The number of para-hydroxylation sites is 1. The third-order valence-corrected chi connectivity index (χ3v) is 4.27. The highest BCUT2D eigenvalue weighted by molar-refractivity contribution is 6.40. The summed E-state index contributed by atoms with van der Waals surface area (Å²) in [5, 5.41) is 3.35. The molecule has 0 unspecified atom stereocenters. The Morgan fingerprint density at radius 1 is 1.20 bits per heavy atom. The number of unbranched alkanes of at least 4 members (excludes halogenated alkanes) is 1. The van der Waals surface area contributed by atoms with Crippen LogP contribution in [0, 0.1) is 0 Å². The maximum absolute atomic E-state index is 12.5. The summed E-state index contributed by atoms with van der Waals surface area (Å²) in [6, 6.07) is 7.95. The van der Waals surface area contributed by atoms with Crippen LogP contribution in [-0.2, 0) is 0 Å². The SMILES string of the molecule is CCCCN(C)C(=O)c1cc(C(=O)Nc2c(Cl)cccc2Cl)ccn1. The van der Waals surface area contributed by atoms with Gasteiger partial charge in [0.15, 0.2) is 0 Å². The van der Waals surface area contributed by atoms with Crippen molar-refractivity contribution >= 4 is 40.7 Å². The van der Waals surface area contributed by atoms with Crippen molar-refractivity contribution in [2.75, 3.05) is 18.9 Å². The Morgan fingerprint density at radius 3 is 2.52 bits per heavy atom. The van der Waals surface area contributed by atoms with E-state index in [4.69, 9.17) is 23.2 Å². The Bertz CT molecular complexity index is 760. The number of benzene rings is 1. The lowest BCUT2D eigenvalue weighted by molar-refractivity contribution is 0.0787. The standard InChI is InChI=1S/C18H19Cl2N3O2/c1-3-4-10-23(2)18(25)15-11-12(8-9-21-15)17(24)22-16-13(19)6-5-7-14(16)20/h5-9,11H,3-4,10H2,1-2H3,(H,22,24). The van der Waals surface area contributed by atoms with Crippen molar-refractivity contribution in [2.24, 2.45) is 0 Å². The van der Waals surface area contributed by atoms with Crippen LogP contribution in [0.1, 0.15) is 40.6 Å². The zero-order valence-electron chi connectivity index (χ0n) is 14.1. The van der Waals surface area contributed by atoms with E-state index >= 15 is 0 Å². The number of hydrogen-bond donors (Lipinski definition) is 1. The smallest absolute Gasteiger partial charge is 0.272 e. The highest BCUT2D eigenvalue weighted by Gasteiger charge is 2.16. The highest BCUT2D eigenvalue weighted by atomic mass is 35.5. The van der Waals surface area contributed by atoms with Gasteiger partial charge in [-0.3, -0.25) is 14.6 Å². The van der Waals surface area contributed by atoms with E-state index in [1.807, 2.05) is 0 Å². The van der Waals surface area contributed by atoms with Crippen molar-refractivity contribution in [1.29, 1.82) is 0 Å². The van der Waals surface area contributed by atoms with Crippen molar-refractivity contribution < 1.29 is 9.59 Å². The van der Waals surface area contributed by atoms with Crippen LogP contribution in [-0.4, -0.2) is 35.3 Å². The molecule has 0 fully saturated rings. The normalized spacial score (nSPS) is 10.4. The molecule has 0 spiro atoms. The monoisotopic (exact) mass is 379 g/mol. The highest BCUT2D eigenvalue weighted by Crippen LogP contribution is 2.30. The van der Waals surface area contributed by atoms with Gasteiger partial charge < -0.3 is 10.2 Å². The maximum Gasteiger partial charge on any atom is 0.272 e.